The van der Waals surface area contributed by atoms with Gasteiger partial charge in [-0.05, 0) is 31.6 Å². The summed E-state index contributed by atoms with van der Waals surface area (Å²) in [6.07, 6.45) is 0. The summed E-state index contributed by atoms with van der Waals surface area (Å²) in [5, 5.41) is 15.1. The molecule has 22 heavy (non-hydrogen) atoms. The molecule has 0 saturated carbocycles. The number of carbonyl (C=O) groups excluding carboxylic acids is 2. The third-order valence-electron chi connectivity index (χ3n) is 2.71. The predicted octanol–water partition coefficient (Wildman–Crippen LogP) is 2.57. The molecule has 0 radical (unpaired) electrons. The van der Waals surface area contributed by atoms with E-state index in [1.807, 2.05) is 6.07 Å². The highest BCUT2D eigenvalue weighted by molar-refractivity contribution is 7.80. The zero-order valence-corrected chi connectivity index (χ0v) is 14.4. The third kappa shape index (κ3) is 4.26. The smallest absolute Gasteiger partial charge is 0.348 e. The molecule has 0 aliphatic heterocycles. The maximum absolute atomic E-state index is 11.8. The maximum Gasteiger partial charge on any atom is 0.348 e. The molecule has 8 heteroatoms. The lowest BCUT2D eigenvalue weighted by atomic mass is 10.2. The first-order valence-corrected chi connectivity index (χ1v) is 7.86. The minimum absolute atomic E-state index is 0.0897. The van der Waals surface area contributed by atoms with Gasteiger partial charge in [0.15, 0.2) is 5.11 Å². The number of nitrogens with one attached hydrogen (secondary N) is 2. The second-order valence-corrected chi connectivity index (χ2v) is 6.12. The molecule has 1 aromatic heterocycles. The Morgan fingerprint density at radius 1 is 1.45 bits per heavy atom. The summed E-state index contributed by atoms with van der Waals surface area (Å²) in [4.78, 5) is 23.8. The Morgan fingerprint density at radius 3 is 2.59 bits per heavy atom. The van der Waals surface area contributed by atoms with E-state index in [4.69, 9.17) is 17.0 Å². The van der Waals surface area contributed by atoms with Crippen LogP contribution in [0.3, 0.4) is 0 Å². The van der Waals surface area contributed by atoms with Crippen LogP contribution in [0.25, 0.3) is 0 Å². The number of nitriles is 1. The summed E-state index contributed by atoms with van der Waals surface area (Å²) < 4.78 is 4.95. The first-order valence-electron chi connectivity index (χ1n) is 6.64. The number of hydrogen-bond acceptors (Lipinski definition) is 6. The highest BCUT2D eigenvalue weighted by Gasteiger charge is 2.22. The molecular formula is C14H17N3O3S2. The van der Waals surface area contributed by atoms with E-state index < -0.39 is 5.97 Å². The fourth-order valence-electron chi connectivity index (χ4n) is 1.52. The number of anilines is 1. The van der Waals surface area contributed by atoms with Crippen molar-refractivity contribution in [3.8, 4) is 6.07 Å². The molecule has 0 fully saturated rings. The van der Waals surface area contributed by atoms with Crippen LogP contribution in [0.1, 0.15) is 41.6 Å². The zero-order chi connectivity index (χ0) is 16.9. The van der Waals surface area contributed by atoms with Gasteiger partial charge in [0.25, 0.3) is 0 Å². The van der Waals surface area contributed by atoms with Crippen LogP contribution in [-0.2, 0) is 9.53 Å². The number of hydrogen-bond donors (Lipinski definition) is 2. The van der Waals surface area contributed by atoms with Crippen LogP contribution in [0, 0.1) is 24.2 Å². The lowest BCUT2D eigenvalue weighted by Gasteiger charge is -2.09. The normalized spacial score (nSPS) is 10.0. The van der Waals surface area contributed by atoms with Crippen molar-refractivity contribution in [2.24, 2.45) is 5.92 Å². The largest absolute Gasteiger partial charge is 0.462 e. The summed E-state index contributed by atoms with van der Waals surface area (Å²) in [6.45, 7) is 7.12. The second kappa shape index (κ2) is 7.87. The molecule has 0 saturated heterocycles. The van der Waals surface area contributed by atoms with Crippen molar-refractivity contribution in [1.29, 1.82) is 5.26 Å². The average Bonchev–Trinajstić information content (AvgIpc) is 2.74. The van der Waals surface area contributed by atoms with Crippen LogP contribution in [0.4, 0.5) is 5.00 Å². The Bertz CT molecular complexity index is 644. The Balaban J connectivity index is 2.98. The quantitative estimate of drug-likeness (QED) is 0.647. The first kappa shape index (κ1) is 18.1. The fraction of sp³-hybridized carbons (Fsp3) is 0.429. The van der Waals surface area contributed by atoms with Gasteiger partial charge in [0.1, 0.15) is 15.9 Å². The standard InChI is InChI=1S/C14H17N3O3S2/c1-5-20-13(19)10-8(4)9(6-15)12(22-10)17-14(21)16-11(18)7(2)3/h7H,5H2,1-4H3,(H2,16,17,18,21). The van der Waals surface area contributed by atoms with Crippen LogP contribution in [0.5, 0.6) is 0 Å². The van der Waals surface area contributed by atoms with Gasteiger partial charge in [-0.25, -0.2) is 4.79 Å². The molecule has 0 aliphatic rings. The number of thiophene rings is 1. The van der Waals surface area contributed by atoms with Crippen LogP contribution < -0.4 is 10.6 Å². The van der Waals surface area contributed by atoms with Gasteiger partial charge in [-0.2, -0.15) is 5.26 Å². The summed E-state index contributed by atoms with van der Waals surface area (Å²) in [7, 11) is 0. The summed E-state index contributed by atoms with van der Waals surface area (Å²) >= 11 is 6.12. The number of amides is 1. The number of ether oxygens (including phenoxy) is 1. The van der Waals surface area contributed by atoms with E-state index >= 15 is 0 Å². The topological polar surface area (TPSA) is 91.2 Å². The summed E-state index contributed by atoms with van der Waals surface area (Å²) in [6, 6.07) is 2.03. The molecule has 1 amide bonds. The molecule has 1 aromatic rings. The van der Waals surface area contributed by atoms with Gasteiger partial charge in [-0.15, -0.1) is 11.3 Å². The molecule has 0 spiro atoms. The van der Waals surface area contributed by atoms with Gasteiger partial charge < -0.3 is 15.4 Å². The highest BCUT2D eigenvalue weighted by atomic mass is 32.1. The molecule has 0 bridgehead atoms. The molecule has 0 aliphatic carbocycles. The van der Waals surface area contributed by atoms with Gasteiger partial charge in [0.05, 0.1) is 12.2 Å². The second-order valence-electron chi connectivity index (χ2n) is 4.69. The molecule has 0 unspecified atom stereocenters. The monoisotopic (exact) mass is 339 g/mol. The predicted molar refractivity (Wildman–Crippen MR) is 88.9 cm³/mol. The Hall–Kier alpha value is -1.98. The lowest BCUT2D eigenvalue weighted by molar-refractivity contribution is -0.122. The van der Waals surface area contributed by atoms with E-state index in [9.17, 15) is 14.9 Å². The van der Waals surface area contributed by atoms with Gasteiger partial charge in [-0.3, -0.25) is 4.79 Å². The Labute approximate surface area is 138 Å². The van der Waals surface area contributed by atoms with Gasteiger partial charge >= 0.3 is 5.97 Å². The molecule has 2 N–H and O–H groups in total. The number of nitrogens with zero attached hydrogens (tertiary/aromatic N) is 1. The average molecular weight is 339 g/mol. The van der Waals surface area contributed by atoms with Crippen molar-refractivity contribution in [2.75, 3.05) is 11.9 Å². The van der Waals surface area contributed by atoms with Crippen molar-refractivity contribution < 1.29 is 14.3 Å². The number of thiocarbonyl (C=S) groups is 1. The summed E-state index contributed by atoms with van der Waals surface area (Å²) in [5.74, 6) is -0.920. The molecular weight excluding hydrogens is 322 g/mol. The zero-order valence-electron chi connectivity index (χ0n) is 12.8. The van der Waals surface area contributed by atoms with Crippen molar-refractivity contribution in [1.82, 2.24) is 5.32 Å². The van der Waals surface area contributed by atoms with Gasteiger partial charge in [0, 0.05) is 5.92 Å². The number of rotatable bonds is 4. The molecule has 6 nitrogen and oxygen atoms in total. The van der Waals surface area contributed by atoms with E-state index in [1.165, 1.54) is 0 Å². The van der Waals surface area contributed by atoms with Crippen LogP contribution in [0.2, 0.25) is 0 Å². The van der Waals surface area contributed by atoms with E-state index in [0.717, 1.165) is 11.3 Å². The van der Waals surface area contributed by atoms with E-state index in [2.05, 4.69) is 10.6 Å². The molecule has 0 aromatic carbocycles. The van der Waals surface area contributed by atoms with E-state index in [1.54, 1.807) is 27.7 Å². The van der Waals surface area contributed by atoms with E-state index in [-0.39, 0.29) is 23.5 Å². The molecule has 118 valence electrons. The lowest BCUT2D eigenvalue weighted by Crippen LogP contribution is -2.36. The molecule has 1 rings (SSSR count). The highest BCUT2D eigenvalue weighted by Crippen LogP contribution is 2.32. The van der Waals surface area contributed by atoms with Crippen LogP contribution in [0.15, 0.2) is 0 Å². The molecule has 0 atom stereocenters. The SMILES string of the molecule is CCOC(=O)c1sc(NC(=S)NC(=O)C(C)C)c(C#N)c1C. The van der Waals surface area contributed by atoms with E-state index in [0.29, 0.717) is 21.0 Å². The number of esters is 1. The maximum atomic E-state index is 11.8. The Morgan fingerprint density at radius 2 is 2.09 bits per heavy atom. The molecule has 1 heterocycles. The summed E-state index contributed by atoms with van der Waals surface area (Å²) in [5.41, 5.74) is 0.848. The van der Waals surface area contributed by atoms with Gasteiger partial charge in [-0.1, -0.05) is 13.8 Å². The third-order valence-corrected chi connectivity index (χ3v) is 4.10. The van der Waals surface area contributed by atoms with Crippen LogP contribution >= 0.6 is 23.6 Å². The van der Waals surface area contributed by atoms with Crippen LogP contribution in [-0.4, -0.2) is 23.6 Å². The number of carbonyl (C=O) groups is 2. The minimum Gasteiger partial charge on any atom is -0.462 e. The van der Waals surface area contributed by atoms with Gasteiger partial charge in [0.2, 0.25) is 5.91 Å². The first-order chi connectivity index (χ1) is 10.3. The Kier molecular flexibility index (Phi) is 6.46. The fourth-order valence-corrected chi connectivity index (χ4v) is 2.84. The van der Waals surface area contributed by atoms with Crippen molar-refractivity contribution in [3.63, 3.8) is 0 Å². The minimum atomic E-state index is -0.480. The van der Waals surface area contributed by atoms with Crippen molar-refractivity contribution >= 4 is 45.5 Å². The van der Waals surface area contributed by atoms with Crippen molar-refractivity contribution in [3.05, 3.63) is 16.0 Å². The van der Waals surface area contributed by atoms with Crippen molar-refractivity contribution in [2.45, 2.75) is 27.7 Å².